The molecule has 44 heavy (non-hydrogen) atoms. The summed E-state index contributed by atoms with van der Waals surface area (Å²) in [6.45, 7) is 7.61. The van der Waals surface area contributed by atoms with Crippen molar-refractivity contribution in [3.8, 4) is 0 Å². The molecule has 0 saturated heterocycles. The van der Waals surface area contributed by atoms with Gasteiger partial charge in [0.25, 0.3) is 0 Å². The number of hydrogen-bond acceptors (Lipinski definition) is 9. The third-order valence-corrected chi connectivity index (χ3v) is 7.85. The maximum absolute atomic E-state index is 13.1. The first-order chi connectivity index (χ1) is 20.8. The van der Waals surface area contributed by atoms with E-state index >= 15 is 0 Å². The number of cyclic esters (lactones) is 1. The standard InChI is InChI=1S/C34H54O10/c1-5-27-29(39)21-26(37)19-24(35)16-14-17-25(36)20-30(40)31(33(41)42)28(38)18-13-11-9-7-6-8-10-12-15-23(4)32(22(2)3)44-34(27)43/h6-13,15,18,22-32,35-40H,5,14,16-17,19-21H2,1-4H3,(H,41,42)/b7-6+,10-8+,11-9+,15-12+,18-13+/t23-,24-,25+,26-,27+,28+,29-,30+,31-,32+/m0/s1. The zero-order valence-electron chi connectivity index (χ0n) is 26.4. The summed E-state index contributed by atoms with van der Waals surface area (Å²) in [5, 5.41) is 72.4. The fourth-order valence-electron chi connectivity index (χ4n) is 5.34. The van der Waals surface area contributed by atoms with Crippen LogP contribution in [-0.2, 0) is 14.3 Å². The first-order valence-corrected chi connectivity index (χ1v) is 15.6. The molecule has 0 amide bonds. The third kappa shape index (κ3) is 14.9. The molecule has 0 spiro atoms. The van der Waals surface area contributed by atoms with Crippen LogP contribution >= 0.6 is 0 Å². The highest BCUT2D eigenvalue weighted by Crippen LogP contribution is 2.24. The summed E-state index contributed by atoms with van der Waals surface area (Å²) < 4.78 is 5.85. The van der Waals surface area contributed by atoms with E-state index in [1.54, 1.807) is 37.3 Å². The maximum Gasteiger partial charge on any atom is 0.312 e. The third-order valence-electron chi connectivity index (χ3n) is 7.85. The molecule has 10 nitrogen and oxygen atoms in total. The van der Waals surface area contributed by atoms with Gasteiger partial charge in [0.05, 0.1) is 42.5 Å². The Kier molecular flexibility index (Phi) is 19.0. The molecule has 0 aromatic rings. The Balaban J connectivity index is 3.13. The highest BCUT2D eigenvalue weighted by atomic mass is 16.5. The minimum absolute atomic E-state index is 0.0162. The van der Waals surface area contributed by atoms with Crippen LogP contribution in [0.4, 0.5) is 0 Å². The molecule has 10 atom stereocenters. The second kappa shape index (κ2) is 21.2. The Hall–Kier alpha value is -2.60. The van der Waals surface area contributed by atoms with E-state index in [0.29, 0.717) is 12.8 Å². The molecular weight excluding hydrogens is 568 g/mol. The Morgan fingerprint density at radius 1 is 0.795 bits per heavy atom. The zero-order chi connectivity index (χ0) is 33.2. The number of allylic oxidation sites excluding steroid dienone is 8. The number of carboxylic acids is 1. The number of esters is 1. The first-order valence-electron chi connectivity index (χ1n) is 15.6. The summed E-state index contributed by atoms with van der Waals surface area (Å²) in [5.41, 5.74) is 0. The molecule has 10 heteroatoms. The van der Waals surface area contributed by atoms with Gasteiger partial charge in [0, 0.05) is 18.8 Å². The Bertz CT molecular complexity index is 985. The summed E-state index contributed by atoms with van der Waals surface area (Å²) in [5.74, 6) is -4.41. The zero-order valence-corrected chi connectivity index (χ0v) is 26.4. The van der Waals surface area contributed by atoms with Crippen molar-refractivity contribution in [1.29, 1.82) is 0 Å². The maximum atomic E-state index is 13.1. The number of carbonyl (C=O) groups excluding carboxylic acids is 1. The summed E-state index contributed by atoms with van der Waals surface area (Å²) >= 11 is 0. The fraction of sp³-hybridized carbons (Fsp3) is 0.647. The highest BCUT2D eigenvalue weighted by Gasteiger charge is 2.34. The molecule has 0 aromatic carbocycles. The van der Waals surface area contributed by atoms with Gasteiger partial charge in [-0.25, -0.2) is 0 Å². The average Bonchev–Trinajstić information content (AvgIpc) is 2.91. The van der Waals surface area contributed by atoms with E-state index in [1.165, 1.54) is 12.2 Å². The SMILES string of the molecule is CC[C@H]1C(=O)O[C@H](C(C)C)[C@@H](C)/C=C/C=C/C=C/C=C/C=C/[C@@H](O)[C@H](C(=O)O)[C@H](O)C[C@H](O)CCC[C@H](O)C[C@H](O)C[C@@H]1O. The fourth-order valence-corrected chi connectivity index (χ4v) is 5.34. The van der Waals surface area contributed by atoms with Gasteiger partial charge >= 0.3 is 11.9 Å². The van der Waals surface area contributed by atoms with Crippen molar-refractivity contribution in [1.82, 2.24) is 0 Å². The molecule has 1 aliphatic rings. The second-order valence-corrected chi connectivity index (χ2v) is 12.0. The summed E-state index contributed by atoms with van der Waals surface area (Å²) in [4.78, 5) is 24.8. The highest BCUT2D eigenvalue weighted by molar-refractivity contribution is 5.73. The van der Waals surface area contributed by atoms with Crippen LogP contribution in [0.5, 0.6) is 0 Å². The summed E-state index contributed by atoms with van der Waals surface area (Å²) in [7, 11) is 0. The molecule has 1 heterocycles. The molecule has 0 radical (unpaired) electrons. The van der Waals surface area contributed by atoms with Crippen molar-refractivity contribution in [3.05, 3.63) is 60.8 Å². The van der Waals surface area contributed by atoms with Crippen LogP contribution in [0.1, 0.15) is 72.6 Å². The largest absolute Gasteiger partial charge is 0.481 e. The molecule has 7 N–H and O–H groups in total. The first kappa shape index (κ1) is 39.4. The Morgan fingerprint density at radius 2 is 1.30 bits per heavy atom. The van der Waals surface area contributed by atoms with Crippen LogP contribution in [0.2, 0.25) is 0 Å². The van der Waals surface area contributed by atoms with Gasteiger partial charge < -0.3 is 40.5 Å². The van der Waals surface area contributed by atoms with Crippen LogP contribution in [0.25, 0.3) is 0 Å². The number of aliphatic hydroxyl groups is 6. The van der Waals surface area contributed by atoms with Gasteiger partial charge in [-0.1, -0.05) is 88.5 Å². The van der Waals surface area contributed by atoms with Crippen molar-refractivity contribution >= 4 is 11.9 Å². The van der Waals surface area contributed by atoms with Gasteiger partial charge in [0.2, 0.25) is 0 Å². The van der Waals surface area contributed by atoms with Gasteiger partial charge in [-0.3, -0.25) is 9.59 Å². The minimum Gasteiger partial charge on any atom is -0.481 e. The van der Waals surface area contributed by atoms with Crippen LogP contribution in [-0.4, -0.2) is 90.4 Å². The van der Waals surface area contributed by atoms with E-state index in [-0.39, 0.29) is 43.9 Å². The summed E-state index contributed by atoms with van der Waals surface area (Å²) in [6, 6.07) is 0. The molecule has 250 valence electrons. The molecular formula is C34H54O10. The smallest absolute Gasteiger partial charge is 0.312 e. The molecule has 0 aliphatic carbocycles. The van der Waals surface area contributed by atoms with Gasteiger partial charge in [0.15, 0.2) is 0 Å². The lowest BCUT2D eigenvalue weighted by Crippen LogP contribution is -2.39. The number of carboxylic acid groups (broad SMARTS) is 1. The number of ether oxygens (including phenoxy) is 1. The van der Waals surface area contributed by atoms with Crippen LogP contribution in [0.3, 0.4) is 0 Å². The van der Waals surface area contributed by atoms with Crippen molar-refractivity contribution in [2.75, 3.05) is 0 Å². The van der Waals surface area contributed by atoms with E-state index in [0.717, 1.165) is 0 Å². The van der Waals surface area contributed by atoms with E-state index < -0.39 is 66.5 Å². The number of aliphatic carboxylic acids is 1. The minimum atomic E-state index is -1.54. The Morgan fingerprint density at radius 3 is 1.82 bits per heavy atom. The van der Waals surface area contributed by atoms with Crippen molar-refractivity contribution in [2.24, 2.45) is 23.7 Å². The van der Waals surface area contributed by atoms with E-state index in [4.69, 9.17) is 4.74 Å². The van der Waals surface area contributed by atoms with Crippen molar-refractivity contribution in [2.45, 2.75) is 115 Å². The lowest BCUT2D eigenvalue weighted by molar-refractivity contribution is -0.163. The number of aliphatic hydroxyl groups excluding tert-OH is 6. The normalized spacial score (nSPS) is 38.4. The van der Waals surface area contributed by atoms with Gasteiger partial charge in [-0.15, -0.1) is 0 Å². The number of carbonyl (C=O) groups is 2. The quantitative estimate of drug-likeness (QED) is 0.231. The Labute approximate surface area is 261 Å². The molecule has 0 aromatic heterocycles. The predicted octanol–water partition coefficient (Wildman–Crippen LogP) is 3.22. The number of hydrogen-bond donors (Lipinski definition) is 7. The molecule has 0 fully saturated rings. The van der Waals surface area contributed by atoms with Crippen LogP contribution in [0.15, 0.2) is 60.8 Å². The second-order valence-electron chi connectivity index (χ2n) is 12.0. The van der Waals surface area contributed by atoms with E-state index in [9.17, 15) is 45.3 Å². The summed E-state index contributed by atoms with van der Waals surface area (Å²) in [6.07, 6.45) is 9.78. The van der Waals surface area contributed by atoms with Gasteiger partial charge in [-0.2, -0.15) is 0 Å². The van der Waals surface area contributed by atoms with Gasteiger partial charge in [-0.05, 0) is 38.0 Å². The molecule has 1 aliphatic heterocycles. The van der Waals surface area contributed by atoms with E-state index in [2.05, 4.69) is 0 Å². The van der Waals surface area contributed by atoms with Crippen LogP contribution in [0, 0.1) is 23.7 Å². The van der Waals surface area contributed by atoms with Crippen LogP contribution < -0.4 is 0 Å². The van der Waals surface area contributed by atoms with Gasteiger partial charge in [0.1, 0.15) is 12.0 Å². The molecule has 0 unspecified atom stereocenters. The van der Waals surface area contributed by atoms with E-state index in [1.807, 2.05) is 39.0 Å². The topological polar surface area (TPSA) is 185 Å². The van der Waals surface area contributed by atoms with Crippen molar-refractivity contribution < 1.29 is 50.1 Å². The average molecular weight is 623 g/mol. The molecule has 0 bridgehead atoms. The van der Waals surface area contributed by atoms with Crippen molar-refractivity contribution in [3.63, 3.8) is 0 Å². The number of rotatable bonds is 3. The predicted molar refractivity (Wildman–Crippen MR) is 168 cm³/mol. The molecule has 0 saturated carbocycles. The monoisotopic (exact) mass is 622 g/mol. The lowest BCUT2D eigenvalue weighted by atomic mass is 9.90. The lowest BCUT2D eigenvalue weighted by Gasteiger charge is -2.29. The molecule has 1 rings (SSSR count).